The van der Waals surface area contributed by atoms with Gasteiger partial charge in [-0.25, -0.2) is 22.4 Å². The smallest absolute Gasteiger partial charge is 0.374 e. The van der Waals surface area contributed by atoms with Gasteiger partial charge in [0.05, 0.1) is 12.1 Å². The molecule has 6 aromatic rings. The van der Waals surface area contributed by atoms with Gasteiger partial charge in [0.25, 0.3) is 5.91 Å². The molecule has 0 bridgehead atoms. The van der Waals surface area contributed by atoms with Crippen molar-refractivity contribution in [2.45, 2.75) is 89.5 Å². The lowest BCUT2D eigenvalue weighted by molar-refractivity contribution is -0.165. The number of nitrogens with one attached hydrogen (secondary N) is 1. The quantitative estimate of drug-likeness (QED) is 0.0548. The summed E-state index contributed by atoms with van der Waals surface area (Å²) in [5.41, 5.74) is 7.70. The predicted molar refractivity (Wildman–Crippen MR) is 284 cm³/mol. The van der Waals surface area contributed by atoms with Crippen LogP contribution < -0.4 is 30.0 Å². The van der Waals surface area contributed by atoms with Crippen LogP contribution in [-0.4, -0.2) is 127 Å². The monoisotopic (exact) mass is 1120 g/mol. The average Bonchev–Trinajstić information content (AvgIpc) is 3.45. The van der Waals surface area contributed by atoms with E-state index in [9.17, 15) is 54.9 Å². The molecular formula is C58H68F8N4O9. The fourth-order valence-corrected chi connectivity index (χ4v) is 9.05. The molecule has 79 heavy (non-hydrogen) atoms. The summed E-state index contributed by atoms with van der Waals surface area (Å²) < 4.78 is 132. The van der Waals surface area contributed by atoms with E-state index in [4.69, 9.17) is 29.8 Å². The van der Waals surface area contributed by atoms with Crippen LogP contribution in [0, 0.1) is 23.3 Å². The third-order valence-corrected chi connectivity index (χ3v) is 13.7. The standard InChI is InChI=1S/C28H28F4N2O4.C14H11F3O2.C14H19FN2O3.2CH4.H2/c29-21-5-4-18-12-17(2-3-19(18)13-21)6-7-28(31,32)27(36)33-23(16-34-8-1-9-34)25(35)20-14-22(30)26-24(15-20)37-10-11-38-26;15-12-4-3-10-7-9(1-2-11(10)8-12)5-6-14(16,17)13(18)19;15-10-6-9(7-12-14(10)20-5-4-19-12)13(18)11(16)8-17-2-1-3-17;;;/h2-5,12-15,23,25,35H,1,6-11,16H2,(H,33,36);1-4,7-8H,5-6H2,(H,18,19);6-7,11,13,18H,1-5,8,16H2;2*1H4;1H/t23-,25-;;11-,13?;;;/m1.1.../s1. The molecule has 2 saturated heterocycles. The van der Waals surface area contributed by atoms with Crippen molar-refractivity contribution in [2.75, 3.05) is 65.7 Å². The van der Waals surface area contributed by atoms with Crippen LogP contribution in [0.1, 0.15) is 76.4 Å². The fourth-order valence-electron chi connectivity index (χ4n) is 9.05. The zero-order chi connectivity index (χ0) is 55.0. The van der Waals surface area contributed by atoms with Crippen LogP contribution >= 0.6 is 0 Å². The second-order valence-electron chi connectivity index (χ2n) is 19.4. The van der Waals surface area contributed by atoms with Crippen LogP contribution in [0.5, 0.6) is 23.0 Å². The second-order valence-corrected chi connectivity index (χ2v) is 19.4. The number of nitrogens with zero attached hydrogens (tertiary/aromatic N) is 2. The minimum absolute atomic E-state index is 0. The molecule has 10 rings (SSSR count). The van der Waals surface area contributed by atoms with Gasteiger partial charge in [0.15, 0.2) is 34.6 Å². The second kappa shape index (κ2) is 26.9. The summed E-state index contributed by atoms with van der Waals surface area (Å²) >= 11 is 0. The maximum absolute atomic E-state index is 15.0. The van der Waals surface area contributed by atoms with Crippen molar-refractivity contribution in [3.8, 4) is 23.0 Å². The Morgan fingerprint density at radius 1 is 0.582 bits per heavy atom. The highest BCUT2D eigenvalue weighted by Gasteiger charge is 2.41. The number of rotatable bonds is 17. The Balaban J connectivity index is 0.000000237. The van der Waals surface area contributed by atoms with Gasteiger partial charge in [-0.2, -0.15) is 17.6 Å². The highest BCUT2D eigenvalue weighted by Crippen LogP contribution is 2.38. The molecule has 1 unspecified atom stereocenters. The molecule has 6 N–H and O–H groups in total. The van der Waals surface area contributed by atoms with Crippen LogP contribution in [0.4, 0.5) is 35.1 Å². The first-order chi connectivity index (χ1) is 36.7. The zero-order valence-corrected chi connectivity index (χ0v) is 41.6. The number of aliphatic carboxylic acids is 1. The summed E-state index contributed by atoms with van der Waals surface area (Å²) in [6.07, 6.45) is -1.92. The van der Waals surface area contributed by atoms with Crippen LogP contribution in [-0.2, 0) is 22.4 Å². The predicted octanol–water partition coefficient (Wildman–Crippen LogP) is 10.2. The third kappa shape index (κ3) is 15.7. The number of benzene rings is 6. The Morgan fingerprint density at radius 3 is 1.46 bits per heavy atom. The number of alkyl halides is 4. The molecule has 1 amide bonds. The van der Waals surface area contributed by atoms with Crippen molar-refractivity contribution in [3.63, 3.8) is 0 Å². The van der Waals surface area contributed by atoms with E-state index in [2.05, 4.69) is 10.2 Å². The summed E-state index contributed by atoms with van der Waals surface area (Å²) in [4.78, 5) is 27.1. The number of hydrogen-bond donors (Lipinski definition) is 5. The highest BCUT2D eigenvalue weighted by molar-refractivity contribution is 5.85. The number of aryl methyl sites for hydroxylation is 2. The number of amides is 1. The molecule has 6 aromatic carbocycles. The number of aliphatic hydroxyl groups excluding tert-OH is 2. The Labute approximate surface area is 454 Å². The lowest BCUT2D eigenvalue weighted by Gasteiger charge is -2.36. The number of halogens is 8. The lowest BCUT2D eigenvalue weighted by atomic mass is 9.98. The summed E-state index contributed by atoms with van der Waals surface area (Å²) in [6.45, 7) is 5.27. The Morgan fingerprint density at radius 2 is 1.00 bits per heavy atom. The normalized spacial score (nSPS) is 16.4. The maximum Gasteiger partial charge on any atom is 0.374 e. The van der Waals surface area contributed by atoms with E-state index in [1.165, 1.54) is 42.8 Å². The van der Waals surface area contributed by atoms with Crippen molar-refractivity contribution >= 4 is 33.4 Å². The Hall–Kier alpha value is -6.78. The number of carbonyl (C=O) groups is 2. The van der Waals surface area contributed by atoms with E-state index in [-0.39, 0.29) is 83.3 Å². The number of likely N-dealkylation sites (tertiary alicyclic amines) is 2. The first-order valence-corrected chi connectivity index (χ1v) is 25.1. The topological polar surface area (TPSA) is 176 Å². The van der Waals surface area contributed by atoms with E-state index >= 15 is 0 Å². The van der Waals surface area contributed by atoms with E-state index in [0.29, 0.717) is 71.4 Å². The molecule has 4 aliphatic rings. The summed E-state index contributed by atoms with van der Waals surface area (Å²) in [5, 5.41) is 34.7. The molecule has 0 saturated carbocycles. The number of carbonyl (C=O) groups excluding carboxylic acids is 1. The van der Waals surface area contributed by atoms with Gasteiger partial charge in [-0.3, -0.25) is 4.79 Å². The zero-order valence-electron chi connectivity index (χ0n) is 41.6. The molecule has 4 heterocycles. The fraction of sp³-hybridized carbons (Fsp3) is 0.414. The van der Waals surface area contributed by atoms with Crippen molar-refractivity contribution in [1.29, 1.82) is 0 Å². The van der Waals surface area contributed by atoms with Gasteiger partial charge in [0, 0.05) is 33.4 Å². The minimum Gasteiger partial charge on any atom is -0.486 e. The number of ether oxygens (including phenoxy) is 4. The number of carboxylic acid groups (broad SMARTS) is 1. The summed E-state index contributed by atoms with van der Waals surface area (Å²) in [7, 11) is 0. The molecule has 0 aromatic heterocycles. The molecule has 21 heteroatoms. The average molecular weight is 1120 g/mol. The van der Waals surface area contributed by atoms with Crippen molar-refractivity contribution in [1.82, 2.24) is 15.1 Å². The van der Waals surface area contributed by atoms with Crippen molar-refractivity contribution in [2.24, 2.45) is 5.73 Å². The molecule has 13 nitrogen and oxygen atoms in total. The molecule has 2 fully saturated rings. The number of fused-ring (bicyclic) bond motifs is 4. The van der Waals surface area contributed by atoms with Crippen molar-refractivity contribution < 1.29 is 80.4 Å². The minimum atomic E-state index is -3.72. The van der Waals surface area contributed by atoms with Gasteiger partial charge in [-0.05, 0) is 144 Å². The van der Waals surface area contributed by atoms with E-state index < -0.39 is 72.5 Å². The molecule has 430 valence electrons. The van der Waals surface area contributed by atoms with E-state index in [0.717, 1.165) is 31.0 Å². The molecular weight excluding hydrogens is 1050 g/mol. The van der Waals surface area contributed by atoms with Crippen LogP contribution in [0.3, 0.4) is 0 Å². The maximum atomic E-state index is 15.0. The van der Waals surface area contributed by atoms with Gasteiger partial charge in [-0.15, -0.1) is 0 Å². The van der Waals surface area contributed by atoms with E-state index in [1.54, 1.807) is 54.6 Å². The van der Waals surface area contributed by atoms with Crippen molar-refractivity contribution in [3.05, 3.63) is 143 Å². The first kappa shape index (κ1) is 61.4. The van der Waals surface area contributed by atoms with Crippen LogP contribution in [0.25, 0.3) is 21.5 Å². The van der Waals surface area contributed by atoms with Gasteiger partial charge in [0.1, 0.15) is 44.2 Å². The molecule has 0 aliphatic carbocycles. The SMILES string of the molecule is C.C.N[C@H](CN1CCC1)C(O)c1cc(F)c2c(c1)OCCO2.O=C(N[C@H](CN1CCC1)[C@H](O)c1cc(F)c2c(c1)OCCO2)C(F)(F)CCc1ccc2cc(F)ccc2c1.O=C(O)C(F)(F)CCc1ccc2cc(F)ccc2c1.[HH]. The van der Waals surface area contributed by atoms with Gasteiger partial charge in [-0.1, -0.05) is 63.4 Å². The highest BCUT2D eigenvalue weighted by atomic mass is 19.3. The summed E-state index contributed by atoms with van der Waals surface area (Å²) in [5.74, 6) is -12.6. The van der Waals surface area contributed by atoms with Crippen LogP contribution in [0.15, 0.2) is 97.1 Å². The molecule has 4 aliphatic heterocycles. The summed E-state index contributed by atoms with van der Waals surface area (Å²) in [6, 6.07) is 22.1. The van der Waals surface area contributed by atoms with Gasteiger partial charge >= 0.3 is 17.8 Å². The van der Waals surface area contributed by atoms with Gasteiger partial charge in [0.2, 0.25) is 0 Å². The Bertz CT molecular complexity index is 3060. The largest absolute Gasteiger partial charge is 0.486 e. The number of carboxylic acids is 1. The van der Waals surface area contributed by atoms with Gasteiger partial charge < -0.3 is 55.1 Å². The molecule has 4 atom stereocenters. The third-order valence-electron chi connectivity index (χ3n) is 13.7. The first-order valence-electron chi connectivity index (χ1n) is 25.1. The van der Waals surface area contributed by atoms with E-state index in [1.807, 2.05) is 4.90 Å². The number of hydrogen-bond acceptors (Lipinski definition) is 11. The lowest BCUT2D eigenvalue weighted by Crippen LogP contribution is -2.54. The van der Waals surface area contributed by atoms with Crippen LogP contribution in [0.2, 0.25) is 0 Å². The number of aliphatic hydroxyl groups is 2. The molecule has 0 spiro atoms. The Kier molecular flexibility index (Phi) is 20.9. The number of nitrogens with two attached hydrogens (primary N) is 1. The molecule has 0 radical (unpaired) electrons.